The molecule has 11 heteroatoms. The van der Waals surface area contributed by atoms with Crippen LogP contribution in [0.5, 0.6) is 11.5 Å². The number of hydrogen-bond donors (Lipinski definition) is 5. The fourth-order valence-corrected chi connectivity index (χ4v) is 3.12. The minimum atomic E-state index is -1.70. The van der Waals surface area contributed by atoms with E-state index in [-0.39, 0.29) is 17.0 Å². The maximum atomic E-state index is 12.7. The highest BCUT2D eigenvalue weighted by Crippen LogP contribution is 2.32. The molecule has 1 saturated heterocycles. The van der Waals surface area contributed by atoms with E-state index < -0.39 is 53.8 Å². The van der Waals surface area contributed by atoms with E-state index in [0.717, 1.165) is 6.08 Å². The highest BCUT2D eigenvalue weighted by atomic mass is 16.7. The molecule has 1 aliphatic rings. The summed E-state index contributed by atoms with van der Waals surface area (Å²) >= 11 is 0. The van der Waals surface area contributed by atoms with Crippen LogP contribution in [0.15, 0.2) is 48.5 Å². The average Bonchev–Trinajstić information content (AvgIpc) is 2.78. The zero-order valence-corrected chi connectivity index (χ0v) is 16.5. The molecule has 2 aromatic carbocycles. The molecule has 5 atom stereocenters. The van der Waals surface area contributed by atoms with Gasteiger partial charge in [0.25, 0.3) is 5.69 Å². The van der Waals surface area contributed by atoms with E-state index in [0.29, 0.717) is 5.56 Å². The summed E-state index contributed by atoms with van der Waals surface area (Å²) in [5, 5.41) is 60.1. The number of non-ortho nitro benzene ring substituents is 1. The van der Waals surface area contributed by atoms with Gasteiger partial charge < -0.3 is 35.0 Å². The lowest BCUT2D eigenvalue weighted by Gasteiger charge is -2.39. The number of carbonyl (C=O) groups is 1. The molecular weight excluding hydrogens is 426 g/mol. The van der Waals surface area contributed by atoms with Crippen LogP contribution in [0.4, 0.5) is 5.69 Å². The van der Waals surface area contributed by atoms with E-state index >= 15 is 0 Å². The summed E-state index contributed by atoms with van der Waals surface area (Å²) < 4.78 is 10.8. The number of carbonyl (C=O) groups excluding carboxylic acids is 1. The van der Waals surface area contributed by atoms with Crippen LogP contribution in [0, 0.1) is 10.1 Å². The van der Waals surface area contributed by atoms with Gasteiger partial charge >= 0.3 is 0 Å². The van der Waals surface area contributed by atoms with Crippen molar-refractivity contribution in [2.45, 2.75) is 30.7 Å². The molecular formula is C21H21NO10. The Hall–Kier alpha value is -3.35. The minimum absolute atomic E-state index is 0.107. The van der Waals surface area contributed by atoms with E-state index in [1.54, 1.807) is 0 Å². The third kappa shape index (κ3) is 4.93. The summed E-state index contributed by atoms with van der Waals surface area (Å²) in [6.07, 6.45) is -5.20. The Morgan fingerprint density at radius 3 is 2.41 bits per heavy atom. The molecule has 170 valence electrons. The van der Waals surface area contributed by atoms with Crippen molar-refractivity contribution in [2.24, 2.45) is 0 Å². The van der Waals surface area contributed by atoms with E-state index in [1.165, 1.54) is 48.5 Å². The van der Waals surface area contributed by atoms with Crippen molar-refractivity contribution in [3.63, 3.8) is 0 Å². The SMILES string of the molecule is O=C(/C=C/c1ccc([N+](=O)[O-])cc1)c1c(O)cccc1O[C@H]1O[C@@H](CO)[C@@H](O)[C@@H](O)[C@@H]1O. The van der Waals surface area contributed by atoms with Gasteiger partial charge in [0, 0.05) is 12.1 Å². The van der Waals surface area contributed by atoms with Crippen LogP contribution in [0.25, 0.3) is 6.08 Å². The largest absolute Gasteiger partial charge is 0.507 e. The van der Waals surface area contributed by atoms with E-state index in [2.05, 4.69) is 0 Å². The number of nitro benzene ring substituents is 1. The van der Waals surface area contributed by atoms with Gasteiger partial charge in [-0.3, -0.25) is 14.9 Å². The first-order chi connectivity index (χ1) is 15.2. The number of nitro groups is 1. The van der Waals surface area contributed by atoms with Crippen molar-refractivity contribution >= 4 is 17.5 Å². The van der Waals surface area contributed by atoms with Gasteiger partial charge in [-0.2, -0.15) is 0 Å². The zero-order valence-electron chi connectivity index (χ0n) is 16.5. The zero-order chi connectivity index (χ0) is 23.4. The maximum Gasteiger partial charge on any atom is 0.269 e. The van der Waals surface area contributed by atoms with Crippen molar-refractivity contribution in [1.29, 1.82) is 0 Å². The first-order valence-corrected chi connectivity index (χ1v) is 9.49. The third-order valence-corrected chi connectivity index (χ3v) is 4.87. The number of aliphatic hydroxyl groups excluding tert-OH is 4. The minimum Gasteiger partial charge on any atom is -0.507 e. The topological polar surface area (TPSA) is 180 Å². The van der Waals surface area contributed by atoms with Crippen LogP contribution in [-0.4, -0.2) is 73.6 Å². The summed E-state index contributed by atoms with van der Waals surface area (Å²) in [6, 6.07) is 9.39. The highest BCUT2D eigenvalue weighted by molar-refractivity contribution is 6.10. The van der Waals surface area contributed by atoms with Gasteiger partial charge in [0.1, 0.15) is 41.5 Å². The Kier molecular flexibility index (Phi) is 7.18. The van der Waals surface area contributed by atoms with Gasteiger partial charge in [-0.1, -0.05) is 12.1 Å². The van der Waals surface area contributed by atoms with Gasteiger partial charge in [-0.15, -0.1) is 0 Å². The number of nitrogens with zero attached hydrogens (tertiary/aromatic N) is 1. The fourth-order valence-electron chi connectivity index (χ4n) is 3.12. The van der Waals surface area contributed by atoms with Gasteiger partial charge in [0.05, 0.1) is 11.5 Å². The van der Waals surface area contributed by atoms with Crippen LogP contribution in [0.1, 0.15) is 15.9 Å². The maximum absolute atomic E-state index is 12.7. The second-order valence-corrected chi connectivity index (χ2v) is 7.01. The predicted molar refractivity (Wildman–Crippen MR) is 109 cm³/mol. The number of rotatable bonds is 7. The molecule has 5 N–H and O–H groups in total. The Labute approximate surface area is 181 Å². The highest BCUT2D eigenvalue weighted by Gasteiger charge is 2.45. The number of phenolic OH excluding ortho intramolecular Hbond substituents is 1. The van der Waals surface area contributed by atoms with Crippen LogP contribution in [-0.2, 0) is 4.74 Å². The molecule has 1 heterocycles. The molecule has 0 amide bonds. The third-order valence-electron chi connectivity index (χ3n) is 4.87. The molecule has 32 heavy (non-hydrogen) atoms. The molecule has 0 unspecified atom stereocenters. The number of aliphatic hydroxyl groups is 4. The van der Waals surface area contributed by atoms with Gasteiger partial charge in [0.2, 0.25) is 6.29 Å². The smallest absolute Gasteiger partial charge is 0.269 e. The first-order valence-electron chi connectivity index (χ1n) is 9.49. The standard InChI is InChI=1S/C21H21NO10/c23-10-16-18(26)19(27)20(28)21(32-16)31-15-3-1-2-13(24)17(15)14(25)9-6-11-4-7-12(8-5-11)22(29)30/h1-9,16,18-21,23-24,26-28H,10H2/b9-6+/t16-,18+,19+,20-,21-/m0/s1. The van der Waals surface area contributed by atoms with Crippen molar-refractivity contribution in [2.75, 3.05) is 6.61 Å². The number of ketones is 1. The van der Waals surface area contributed by atoms with Gasteiger partial charge in [-0.05, 0) is 35.9 Å². The second kappa shape index (κ2) is 9.85. The van der Waals surface area contributed by atoms with Crippen LogP contribution in [0.2, 0.25) is 0 Å². The van der Waals surface area contributed by atoms with E-state index in [4.69, 9.17) is 9.47 Å². The van der Waals surface area contributed by atoms with Crippen molar-refractivity contribution in [3.8, 4) is 11.5 Å². The second-order valence-electron chi connectivity index (χ2n) is 7.01. The number of hydrogen-bond acceptors (Lipinski definition) is 10. The van der Waals surface area contributed by atoms with Crippen LogP contribution in [0.3, 0.4) is 0 Å². The Bertz CT molecular complexity index is 1000. The molecule has 0 spiro atoms. The molecule has 1 aliphatic heterocycles. The summed E-state index contributed by atoms with van der Waals surface area (Å²) in [4.78, 5) is 22.9. The molecule has 0 aliphatic carbocycles. The molecule has 1 fully saturated rings. The monoisotopic (exact) mass is 447 g/mol. The summed E-state index contributed by atoms with van der Waals surface area (Å²) in [7, 11) is 0. The molecule has 11 nitrogen and oxygen atoms in total. The summed E-state index contributed by atoms with van der Waals surface area (Å²) in [5.74, 6) is -1.28. The number of aromatic hydroxyl groups is 1. The van der Waals surface area contributed by atoms with E-state index in [1.807, 2.05) is 0 Å². The number of allylic oxidation sites excluding steroid dienone is 1. The first kappa shape index (κ1) is 23.3. The van der Waals surface area contributed by atoms with Crippen molar-refractivity contribution in [1.82, 2.24) is 0 Å². The summed E-state index contributed by atoms with van der Waals surface area (Å²) in [6.45, 7) is -0.658. The van der Waals surface area contributed by atoms with Gasteiger partial charge in [-0.25, -0.2) is 0 Å². The van der Waals surface area contributed by atoms with Crippen LogP contribution >= 0.6 is 0 Å². The fraction of sp³-hybridized carbons (Fsp3) is 0.286. The molecule has 3 rings (SSSR count). The molecule has 2 aromatic rings. The Morgan fingerprint density at radius 1 is 1.09 bits per heavy atom. The average molecular weight is 447 g/mol. The lowest BCUT2D eigenvalue weighted by molar-refractivity contribution is -0.384. The predicted octanol–water partition coefficient (Wildman–Crippen LogP) is 0.375. The lowest BCUT2D eigenvalue weighted by atomic mass is 9.99. The lowest BCUT2D eigenvalue weighted by Crippen LogP contribution is -2.60. The van der Waals surface area contributed by atoms with Crippen molar-refractivity contribution < 1.29 is 44.7 Å². The normalized spacial score (nSPS) is 25.6. The molecule has 0 bridgehead atoms. The Morgan fingerprint density at radius 2 is 1.78 bits per heavy atom. The molecule has 0 radical (unpaired) electrons. The number of benzene rings is 2. The van der Waals surface area contributed by atoms with Gasteiger partial charge in [0.15, 0.2) is 5.78 Å². The molecule has 0 aromatic heterocycles. The van der Waals surface area contributed by atoms with Crippen LogP contribution < -0.4 is 4.74 Å². The quantitative estimate of drug-likeness (QED) is 0.172. The number of phenols is 1. The van der Waals surface area contributed by atoms with Crippen molar-refractivity contribution in [3.05, 3.63) is 69.8 Å². The van der Waals surface area contributed by atoms with E-state index in [9.17, 15) is 40.4 Å². The molecule has 0 saturated carbocycles. The number of ether oxygens (including phenoxy) is 2. The Balaban J connectivity index is 1.82. The summed E-state index contributed by atoms with van der Waals surface area (Å²) in [5.41, 5.74) is 0.128.